The molecule has 0 rings (SSSR count). The van der Waals surface area contributed by atoms with Gasteiger partial charge in [0.2, 0.25) is 0 Å². The molecule has 4 heteroatoms. The SMILES string of the molecule is CCCCCC(N)C(=O)OCCCCOC. The van der Waals surface area contributed by atoms with Crippen molar-refractivity contribution in [2.75, 3.05) is 20.3 Å². The highest BCUT2D eigenvalue weighted by Gasteiger charge is 2.13. The Hall–Kier alpha value is -0.610. The maximum atomic E-state index is 11.4. The van der Waals surface area contributed by atoms with E-state index in [1.807, 2.05) is 0 Å². The van der Waals surface area contributed by atoms with Gasteiger partial charge in [-0.1, -0.05) is 26.2 Å². The fourth-order valence-corrected chi connectivity index (χ4v) is 1.36. The highest BCUT2D eigenvalue weighted by atomic mass is 16.5. The molecule has 0 aliphatic carbocycles. The van der Waals surface area contributed by atoms with Gasteiger partial charge in [-0.2, -0.15) is 0 Å². The molecule has 2 N–H and O–H groups in total. The zero-order valence-electron chi connectivity index (χ0n) is 10.5. The second-order valence-corrected chi connectivity index (χ2v) is 3.97. The van der Waals surface area contributed by atoms with Crippen LogP contribution in [0.1, 0.15) is 45.4 Å². The number of carbonyl (C=O) groups is 1. The number of carbonyl (C=O) groups excluding carboxylic acids is 1. The molecule has 0 saturated heterocycles. The second kappa shape index (κ2) is 10.9. The van der Waals surface area contributed by atoms with E-state index in [0.717, 1.165) is 38.5 Å². The summed E-state index contributed by atoms with van der Waals surface area (Å²) >= 11 is 0. The summed E-state index contributed by atoms with van der Waals surface area (Å²) in [5.41, 5.74) is 5.70. The molecular formula is C12H25NO3. The van der Waals surface area contributed by atoms with Crippen LogP contribution in [0, 0.1) is 0 Å². The number of methoxy groups -OCH3 is 1. The van der Waals surface area contributed by atoms with Gasteiger partial charge in [-0.3, -0.25) is 4.79 Å². The summed E-state index contributed by atoms with van der Waals surface area (Å²) in [6.07, 6.45) is 5.73. The van der Waals surface area contributed by atoms with Crippen LogP contribution in [0.5, 0.6) is 0 Å². The third-order valence-corrected chi connectivity index (χ3v) is 2.41. The van der Waals surface area contributed by atoms with E-state index in [2.05, 4.69) is 6.92 Å². The minimum Gasteiger partial charge on any atom is -0.465 e. The van der Waals surface area contributed by atoms with Crippen LogP contribution in [-0.4, -0.2) is 32.3 Å². The fraction of sp³-hybridized carbons (Fsp3) is 0.917. The predicted molar refractivity (Wildman–Crippen MR) is 64.2 cm³/mol. The zero-order valence-corrected chi connectivity index (χ0v) is 10.5. The van der Waals surface area contributed by atoms with Crippen LogP contribution in [0.25, 0.3) is 0 Å². The van der Waals surface area contributed by atoms with E-state index < -0.39 is 6.04 Å². The van der Waals surface area contributed by atoms with Gasteiger partial charge in [0.15, 0.2) is 0 Å². The van der Waals surface area contributed by atoms with E-state index in [1.165, 1.54) is 0 Å². The third-order valence-electron chi connectivity index (χ3n) is 2.41. The Morgan fingerprint density at radius 2 is 1.88 bits per heavy atom. The van der Waals surface area contributed by atoms with Crippen molar-refractivity contribution < 1.29 is 14.3 Å². The Bertz CT molecular complexity index is 174. The van der Waals surface area contributed by atoms with Crippen LogP contribution in [0.2, 0.25) is 0 Å². The lowest BCUT2D eigenvalue weighted by atomic mass is 10.1. The predicted octanol–water partition coefficient (Wildman–Crippen LogP) is 1.86. The molecule has 0 amide bonds. The number of ether oxygens (including phenoxy) is 2. The molecule has 0 aromatic carbocycles. The Balaban J connectivity index is 3.40. The fourth-order valence-electron chi connectivity index (χ4n) is 1.36. The standard InChI is InChI=1S/C12H25NO3/c1-3-4-5-8-11(13)12(14)16-10-7-6-9-15-2/h11H,3-10,13H2,1-2H3. The van der Waals surface area contributed by atoms with Crippen LogP contribution < -0.4 is 5.73 Å². The number of hydrogen-bond acceptors (Lipinski definition) is 4. The molecular weight excluding hydrogens is 206 g/mol. The first-order valence-corrected chi connectivity index (χ1v) is 6.13. The monoisotopic (exact) mass is 231 g/mol. The van der Waals surface area contributed by atoms with Gasteiger partial charge in [0.1, 0.15) is 6.04 Å². The van der Waals surface area contributed by atoms with Crippen LogP contribution in [0.15, 0.2) is 0 Å². The topological polar surface area (TPSA) is 61.6 Å². The first-order chi connectivity index (χ1) is 7.72. The molecule has 1 atom stereocenters. The maximum absolute atomic E-state index is 11.4. The second-order valence-electron chi connectivity index (χ2n) is 3.97. The van der Waals surface area contributed by atoms with E-state index in [4.69, 9.17) is 15.2 Å². The molecule has 0 saturated carbocycles. The molecule has 16 heavy (non-hydrogen) atoms. The summed E-state index contributed by atoms with van der Waals surface area (Å²) in [7, 11) is 1.66. The van der Waals surface area contributed by atoms with Gasteiger partial charge in [0.25, 0.3) is 0 Å². The molecule has 96 valence electrons. The van der Waals surface area contributed by atoms with Gasteiger partial charge >= 0.3 is 5.97 Å². The van der Waals surface area contributed by atoms with Crippen molar-refractivity contribution in [3.05, 3.63) is 0 Å². The third kappa shape index (κ3) is 8.68. The molecule has 0 spiro atoms. The van der Waals surface area contributed by atoms with Crippen molar-refractivity contribution in [2.45, 2.75) is 51.5 Å². The minimum atomic E-state index is -0.450. The Morgan fingerprint density at radius 3 is 2.50 bits per heavy atom. The smallest absolute Gasteiger partial charge is 0.322 e. The molecule has 0 heterocycles. The highest BCUT2D eigenvalue weighted by Crippen LogP contribution is 2.03. The van der Waals surface area contributed by atoms with Gasteiger partial charge in [-0.25, -0.2) is 0 Å². The molecule has 4 nitrogen and oxygen atoms in total. The number of esters is 1. The van der Waals surface area contributed by atoms with Gasteiger partial charge in [-0.05, 0) is 19.3 Å². The van der Waals surface area contributed by atoms with E-state index in [-0.39, 0.29) is 5.97 Å². The molecule has 0 fully saturated rings. The van der Waals surface area contributed by atoms with Crippen LogP contribution in [-0.2, 0) is 14.3 Å². The van der Waals surface area contributed by atoms with Crippen molar-refractivity contribution in [3.8, 4) is 0 Å². The van der Waals surface area contributed by atoms with Crippen molar-refractivity contribution in [1.82, 2.24) is 0 Å². The van der Waals surface area contributed by atoms with Gasteiger partial charge < -0.3 is 15.2 Å². The van der Waals surface area contributed by atoms with Crippen molar-refractivity contribution in [2.24, 2.45) is 5.73 Å². The first kappa shape index (κ1) is 15.4. The van der Waals surface area contributed by atoms with Crippen LogP contribution in [0.4, 0.5) is 0 Å². The summed E-state index contributed by atoms with van der Waals surface area (Å²) < 4.78 is 9.96. The molecule has 0 aromatic heterocycles. The number of hydrogen-bond donors (Lipinski definition) is 1. The van der Waals surface area contributed by atoms with E-state index in [0.29, 0.717) is 13.2 Å². The zero-order chi connectivity index (χ0) is 12.2. The normalized spacial score (nSPS) is 12.4. The van der Waals surface area contributed by atoms with Crippen LogP contribution >= 0.6 is 0 Å². The average Bonchev–Trinajstić information content (AvgIpc) is 2.28. The Labute approximate surface area is 98.5 Å². The van der Waals surface area contributed by atoms with Crippen molar-refractivity contribution in [3.63, 3.8) is 0 Å². The lowest BCUT2D eigenvalue weighted by Gasteiger charge is -2.10. The quantitative estimate of drug-likeness (QED) is 0.460. The summed E-state index contributed by atoms with van der Waals surface area (Å²) in [5, 5.41) is 0. The molecule has 1 unspecified atom stereocenters. The minimum absolute atomic E-state index is 0.270. The van der Waals surface area contributed by atoms with E-state index in [1.54, 1.807) is 7.11 Å². The van der Waals surface area contributed by atoms with Crippen molar-refractivity contribution in [1.29, 1.82) is 0 Å². The Morgan fingerprint density at radius 1 is 1.19 bits per heavy atom. The number of rotatable bonds is 10. The lowest BCUT2D eigenvalue weighted by molar-refractivity contribution is -0.145. The lowest BCUT2D eigenvalue weighted by Crippen LogP contribution is -2.32. The molecule has 0 aromatic rings. The number of nitrogens with two attached hydrogens (primary N) is 1. The average molecular weight is 231 g/mol. The summed E-state index contributed by atoms with van der Waals surface area (Å²) in [6.45, 7) is 3.28. The summed E-state index contributed by atoms with van der Waals surface area (Å²) in [4.78, 5) is 11.4. The molecule has 0 bridgehead atoms. The van der Waals surface area contributed by atoms with E-state index >= 15 is 0 Å². The van der Waals surface area contributed by atoms with E-state index in [9.17, 15) is 4.79 Å². The van der Waals surface area contributed by atoms with Gasteiger partial charge in [0.05, 0.1) is 6.61 Å². The Kier molecular flexibility index (Phi) is 10.5. The van der Waals surface area contributed by atoms with Gasteiger partial charge in [0, 0.05) is 13.7 Å². The molecule has 0 aliphatic rings. The first-order valence-electron chi connectivity index (χ1n) is 6.13. The van der Waals surface area contributed by atoms with Crippen molar-refractivity contribution >= 4 is 5.97 Å². The highest BCUT2D eigenvalue weighted by molar-refractivity contribution is 5.75. The van der Waals surface area contributed by atoms with Crippen LogP contribution in [0.3, 0.4) is 0 Å². The molecule has 0 aliphatic heterocycles. The number of unbranched alkanes of at least 4 members (excludes halogenated alkanes) is 3. The van der Waals surface area contributed by atoms with Gasteiger partial charge in [-0.15, -0.1) is 0 Å². The summed E-state index contributed by atoms with van der Waals surface area (Å²) in [6, 6.07) is -0.450. The maximum Gasteiger partial charge on any atom is 0.322 e. The largest absolute Gasteiger partial charge is 0.465 e. The summed E-state index contributed by atoms with van der Waals surface area (Å²) in [5.74, 6) is -0.270. The molecule has 0 radical (unpaired) electrons.